The first-order valence-electron chi connectivity index (χ1n) is 7.26. The van der Waals surface area contributed by atoms with Crippen LogP contribution in [0.15, 0.2) is 23.1 Å². The third-order valence-corrected chi connectivity index (χ3v) is 5.60. The van der Waals surface area contributed by atoms with Crippen LogP contribution < -0.4 is 4.74 Å². The van der Waals surface area contributed by atoms with Crippen molar-refractivity contribution in [3.05, 3.63) is 23.8 Å². The van der Waals surface area contributed by atoms with Crippen LogP contribution in [0, 0.1) is 6.92 Å². The molecule has 5 nitrogen and oxygen atoms in total. The van der Waals surface area contributed by atoms with Crippen LogP contribution in [0.5, 0.6) is 5.75 Å². The Kier molecular flexibility index (Phi) is 4.91. The van der Waals surface area contributed by atoms with Crippen molar-refractivity contribution in [3.8, 4) is 5.75 Å². The molecule has 0 aliphatic carbocycles. The van der Waals surface area contributed by atoms with E-state index in [1.807, 2.05) is 20.8 Å². The molecule has 0 aromatic heterocycles. The molecule has 1 aliphatic heterocycles. The standard InChI is InChI=1S/C15H23NO4S/c1-11(2)20-15-7-6-14(9-12(15)3)21(18,19)16-8-4-5-13(16)10-17/h6-7,9,11,13,17H,4-5,8,10H2,1-3H3/t13-/m1/s1. The van der Waals surface area contributed by atoms with Gasteiger partial charge in [-0.25, -0.2) is 8.42 Å². The summed E-state index contributed by atoms with van der Waals surface area (Å²) in [6.07, 6.45) is 1.55. The number of hydrogen-bond acceptors (Lipinski definition) is 4. The van der Waals surface area contributed by atoms with Gasteiger partial charge in [0.25, 0.3) is 0 Å². The SMILES string of the molecule is Cc1cc(S(=O)(=O)N2CCC[C@@H]2CO)ccc1OC(C)C. The molecule has 1 heterocycles. The number of aliphatic hydroxyl groups excluding tert-OH is 1. The molecule has 1 N–H and O–H groups in total. The van der Waals surface area contributed by atoms with Gasteiger partial charge in [-0.3, -0.25) is 0 Å². The highest BCUT2D eigenvalue weighted by Gasteiger charge is 2.34. The molecule has 118 valence electrons. The van der Waals surface area contributed by atoms with Crippen molar-refractivity contribution >= 4 is 10.0 Å². The van der Waals surface area contributed by atoms with Crippen LogP contribution in [0.2, 0.25) is 0 Å². The Morgan fingerprint density at radius 2 is 2.14 bits per heavy atom. The minimum atomic E-state index is -3.55. The van der Waals surface area contributed by atoms with E-state index in [-0.39, 0.29) is 23.6 Å². The lowest BCUT2D eigenvalue weighted by molar-refractivity contribution is 0.213. The Morgan fingerprint density at radius 1 is 1.43 bits per heavy atom. The van der Waals surface area contributed by atoms with Gasteiger partial charge in [-0.05, 0) is 57.4 Å². The van der Waals surface area contributed by atoms with Crippen molar-refractivity contribution < 1.29 is 18.3 Å². The van der Waals surface area contributed by atoms with Crippen LogP contribution in [-0.4, -0.2) is 43.1 Å². The van der Waals surface area contributed by atoms with Gasteiger partial charge in [0, 0.05) is 12.6 Å². The second-order valence-electron chi connectivity index (χ2n) is 5.69. The van der Waals surface area contributed by atoms with Crippen molar-refractivity contribution in [1.82, 2.24) is 4.31 Å². The quantitative estimate of drug-likeness (QED) is 0.902. The van der Waals surface area contributed by atoms with E-state index in [1.54, 1.807) is 18.2 Å². The number of nitrogens with zero attached hydrogens (tertiary/aromatic N) is 1. The number of ether oxygens (including phenoxy) is 1. The second-order valence-corrected chi connectivity index (χ2v) is 7.58. The number of sulfonamides is 1. The van der Waals surface area contributed by atoms with E-state index in [4.69, 9.17) is 4.74 Å². The number of benzene rings is 1. The minimum absolute atomic E-state index is 0.0449. The average Bonchev–Trinajstić information content (AvgIpc) is 2.89. The van der Waals surface area contributed by atoms with Crippen LogP contribution in [-0.2, 0) is 10.0 Å². The van der Waals surface area contributed by atoms with E-state index >= 15 is 0 Å². The first kappa shape index (κ1) is 16.3. The molecule has 0 saturated carbocycles. The molecule has 0 radical (unpaired) electrons. The molecule has 6 heteroatoms. The first-order valence-corrected chi connectivity index (χ1v) is 8.70. The van der Waals surface area contributed by atoms with E-state index in [2.05, 4.69) is 0 Å². The molecule has 1 aromatic rings. The predicted molar refractivity (Wildman–Crippen MR) is 80.9 cm³/mol. The van der Waals surface area contributed by atoms with Crippen LogP contribution in [0.25, 0.3) is 0 Å². The van der Waals surface area contributed by atoms with Crippen molar-refractivity contribution in [2.24, 2.45) is 0 Å². The van der Waals surface area contributed by atoms with Crippen LogP contribution in [0.1, 0.15) is 32.3 Å². The normalized spacial score (nSPS) is 20.1. The van der Waals surface area contributed by atoms with Gasteiger partial charge in [0.05, 0.1) is 17.6 Å². The Hall–Kier alpha value is -1.11. The van der Waals surface area contributed by atoms with Gasteiger partial charge in [0.15, 0.2) is 0 Å². The topological polar surface area (TPSA) is 66.8 Å². The Balaban J connectivity index is 2.31. The van der Waals surface area contributed by atoms with Gasteiger partial charge in [0.2, 0.25) is 10.0 Å². The molecule has 1 aromatic carbocycles. The van der Waals surface area contributed by atoms with Crippen LogP contribution in [0.3, 0.4) is 0 Å². The maximum Gasteiger partial charge on any atom is 0.243 e. The Labute approximate surface area is 126 Å². The van der Waals surface area contributed by atoms with E-state index < -0.39 is 10.0 Å². The third kappa shape index (κ3) is 3.39. The van der Waals surface area contributed by atoms with Crippen molar-refractivity contribution in [3.63, 3.8) is 0 Å². The largest absolute Gasteiger partial charge is 0.491 e. The molecule has 1 fully saturated rings. The summed E-state index contributed by atoms with van der Waals surface area (Å²) < 4.78 is 32.4. The summed E-state index contributed by atoms with van der Waals surface area (Å²) in [4.78, 5) is 0.261. The summed E-state index contributed by atoms with van der Waals surface area (Å²) in [5, 5.41) is 9.32. The van der Waals surface area contributed by atoms with Gasteiger partial charge < -0.3 is 9.84 Å². The monoisotopic (exact) mass is 313 g/mol. The zero-order valence-corrected chi connectivity index (χ0v) is 13.6. The Morgan fingerprint density at radius 3 is 2.71 bits per heavy atom. The van der Waals surface area contributed by atoms with Gasteiger partial charge in [-0.1, -0.05) is 0 Å². The van der Waals surface area contributed by atoms with E-state index in [9.17, 15) is 13.5 Å². The fourth-order valence-corrected chi connectivity index (χ4v) is 4.38. The molecule has 0 spiro atoms. The average molecular weight is 313 g/mol. The summed E-state index contributed by atoms with van der Waals surface area (Å²) in [6, 6.07) is 4.61. The zero-order chi connectivity index (χ0) is 15.6. The number of rotatable bonds is 5. The fourth-order valence-electron chi connectivity index (χ4n) is 2.61. The first-order chi connectivity index (χ1) is 9.86. The summed E-state index contributed by atoms with van der Waals surface area (Å²) in [5.74, 6) is 0.698. The minimum Gasteiger partial charge on any atom is -0.491 e. The third-order valence-electron chi connectivity index (χ3n) is 3.65. The summed E-state index contributed by atoms with van der Waals surface area (Å²) >= 11 is 0. The molecule has 1 aliphatic rings. The molecule has 21 heavy (non-hydrogen) atoms. The smallest absolute Gasteiger partial charge is 0.243 e. The van der Waals surface area contributed by atoms with Crippen molar-refractivity contribution in [2.75, 3.05) is 13.2 Å². The van der Waals surface area contributed by atoms with E-state index in [0.29, 0.717) is 18.7 Å². The highest BCUT2D eigenvalue weighted by Crippen LogP contribution is 2.29. The lowest BCUT2D eigenvalue weighted by atomic mass is 10.2. The Bertz CT molecular complexity index is 598. The van der Waals surface area contributed by atoms with E-state index in [1.165, 1.54) is 4.31 Å². The molecular weight excluding hydrogens is 290 g/mol. The fraction of sp³-hybridized carbons (Fsp3) is 0.600. The lowest BCUT2D eigenvalue weighted by Gasteiger charge is -2.23. The predicted octanol–water partition coefficient (Wildman–Crippen LogP) is 1.93. The van der Waals surface area contributed by atoms with Gasteiger partial charge in [0.1, 0.15) is 5.75 Å². The maximum atomic E-state index is 12.7. The molecule has 0 bridgehead atoms. The second kappa shape index (κ2) is 6.34. The highest BCUT2D eigenvalue weighted by atomic mass is 32.2. The maximum absolute atomic E-state index is 12.7. The lowest BCUT2D eigenvalue weighted by Crippen LogP contribution is -2.37. The highest BCUT2D eigenvalue weighted by molar-refractivity contribution is 7.89. The summed E-state index contributed by atoms with van der Waals surface area (Å²) in [7, 11) is -3.55. The van der Waals surface area contributed by atoms with Gasteiger partial charge in [-0.2, -0.15) is 4.31 Å². The number of aryl methyl sites for hydroxylation is 1. The molecular formula is C15H23NO4S. The van der Waals surface area contributed by atoms with Crippen LogP contribution >= 0.6 is 0 Å². The number of hydrogen-bond donors (Lipinski definition) is 1. The molecule has 0 amide bonds. The van der Waals surface area contributed by atoms with Crippen molar-refractivity contribution in [2.45, 2.75) is 50.7 Å². The van der Waals surface area contributed by atoms with E-state index in [0.717, 1.165) is 12.0 Å². The number of aliphatic hydroxyl groups is 1. The summed E-state index contributed by atoms with van der Waals surface area (Å²) in [6.45, 7) is 6.04. The molecule has 1 atom stereocenters. The van der Waals surface area contributed by atoms with Gasteiger partial charge >= 0.3 is 0 Å². The summed E-state index contributed by atoms with van der Waals surface area (Å²) in [5.41, 5.74) is 0.796. The van der Waals surface area contributed by atoms with Gasteiger partial charge in [-0.15, -0.1) is 0 Å². The molecule has 0 unspecified atom stereocenters. The molecule has 1 saturated heterocycles. The van der Waals surface area contributed by atoms with Crippen LogP contribution in [0.4, 0.5) is 0 Å². The molecule has 2 rings (SSSR count). The van der Waals surface area contributed by atoms with Crippen molar-refractivity contribution in [1.29, 1.82) is 0 Å². The zero-order valence-electron chi connectivity index (χ0n) is 12.7.